The van der Waals surface area contributed by atoms with Crippen molar-refractivity contribution in [1.29, 1.82) is 0 Å². The van der Waals surface area contributed by atoms with Gasteiger partial charge in [-0.05, 0) is 36.8 Å². The molecule has 3 N–H and O–H groups in total. The summed E-state index contributed by atoms with van der Waals surface area (Å²) in [6.07, 6.45) is 9.53. The van der Waals surface area contributed by atoms with Crippen molar-refractivity contribution in [2.24, 2.45) is 17.7 Å². The second kappa shape index (κ2) is 7.60. The number of nitrogens with one attached hydrogen (secondary N) is 1. The molecule has 0 bridgehead atoms. The third kappa shape index (κ3) is 3.49. The molecular formula is C16H27N3O. The highest BCUT2D eigenvalue weighted by Crippen LogP contribution is 2.39. The SMILES string of the molecule is CCCC1CCC(C(NN)c2ncccc2OC)CC1. The molecule has 0 radical (unpaired) electrons. The third-order valence-corrected chi connectivity index (χ3v) is 4.55. The Morgan fingerprint density at radius 1 is 1.40 bits per heavy atom. The van der Waals surface area contributed by atoms with E-state index < -0.39 is 0 Å². The molecule has 4 heteroatoms. The summed E-state index contributed by atoms with van der Waals surface area (Å²) in [5, 5.41) is 0. The first-order chi connectivity index (χ1) is 9.80. The first-order valence-electron chi connectivity index (χ1n) is 7.75. The third-order valence-electron chi connectivity index (χ3n) is 4.55. The fourth-order valence-electron chi connectivity index (χ4n) is 3.47. The molecule has 20 heavy (non-hydrogen) atoms. The number of nitrogens with zero attached hydrogens (tertiary/aromatic N) is 1. The maximum absolute atomic E-state index is 5.81. The topological polar surface area (TPSA) is 60.2 Å². The zero-order valence-corrected chi connectivity index (χ0v) is 12.6. The molecule has 0 amide bonds. The predicted octanol–water partition coefficient (Wildman–Crippen LogP) is 3.20. The molecule has 0 aliphatic heterocycles. The number of ether oxygens (including phenoxy) is 1. The van der Waals surface area contributed by atoms with Gasteiger partial charge in [0.25, 0.3) is 0 Å². The summed E-state index contributed by atoms with van der Waals surface area (Å²) in [5.74, 6) is 8.09. The summed E-state index contributed by atoms with van der Waals surface area (Å²) in [4.78, 5) is 4.48. The van der Waals surface area contributed by atoms with Crippen molar-refractivity contribution >= 4 is 0 Å². The van der Waals surface area contributed by atoms with Crippen LogP contribution in [0.2, 0.25) is 0 Å². The van der Waals surface area contributed by atoms with Crippen LogP contribution >= 0.6 is 0 Å². The first kappa shape index (κ1) is 15.3. The average Bonchev–Trinajstić information content (AvgIpc) is 2.50. The van der Waals surface area contributed by atoms with E-state index in [2.05, 4.69) is 17.3 Å². The van der Waals surface area contributed by atoms with Crippen LogP contribution in [0.15, 0.2) is 18.3 Å². The van der Waals surface area contributed by atoms with Crippen molar-refractivity contribution in [2.75, 3.05) is 7.11 Å². The van der Waals surface area contributed by atoms with E-state index in [-0.39, 0.29) is 6.04 Å². The Bertz CT molecular complexity index is 402. The Balaban J connectivity index is 2.06. The average molecular weight is 277 g/mol. The first-order valence-corrected chi connectivity index (χ1v) is 7.75. The van der Waals surface area contributed by atoms with E-state index in [1.807, 2.05) is 18.3 Å². The van der Waals surface area contributed by atoms with Gasteiger partial charge in [0.2, 0.25) is 0 Å². The molecule has 0 saturated heterocycles. The van der Waals surface area contributed by atoms with Crippen LogP contribution in [0.4, 0.5) is 0 Å². The van der Waals surface area contributed by atoms with E-state index in [4.69, 9.17) is 10.6 Å². The number of aromatic nitrogens is 1. The fourth-order valence-corrected chi connectivity index (χ4v) is 3.47. The molecule has 1 fully saturated rings. The van der Waals surface area contributed by atoms with E-state index in [0.717, 1.165) is 17.4 Å². The number of methoxy groups -OCH3 is 1. The maximum atomic E-state index is 5.81. The predicted molar refractivity (Wildman–Crippen MR) is 81.2 cm³/mol. The van der Waals surface area contributed by atoms with Crippen LogP contribution in [-0.2, 0) is 0 Å². The molecule has 4 nitrogen and oxygen atoms in total. The highest BCUT2D eigenvalue weighted by Gasteiger charge is 2.30. The Kier molecular flexibility index (Phi) is 5.80. The van der Waals surface area contributed by atoms with Gasteiger partial charge in [0.05, 0.1) is 13.2 Å². The van der Waals surface area contributed by atoms with Gasteiger partial charge in [-0.25, -0.2) is 0 Å². The van der Waals surface area contributed by atoms with Gasteiger partial charge in [0, 0.05) is 6.20 Å². The number of rotatable bonds is 6. The lowest BCUT2D eigenvalue weighted by atomic mass is 9.76. The lowest BCUT2D eigenvalue weighted by Crippen LogP contribution is -2.36. The lowest BCUT2D eigenvalue weighted by molar-refractivity contribution is 0.210. The highest BCUT2D eigenvalue weighted by molar-refractivity contribution is 5.30. The zero-order chi connectivity index (χ0) is 14.4. The second-order valence-electron chi connectivity index (χ2n) is 5.80. The summed E-state index contributed by atoms with van der Waals surface area (Å²) in [7, 11) is 1.69. The molecule has 1 atom stereocenters. The van der Waals surface area contributed by atoms with Crippen molar-refractivity contribution < 1.29 is 4.74 Å². The van der Waals surface area contributed by atoms with E-state index in [1.54, 1.807) is 7.11 Å². The van der Waals surface area contributed by atoms with Crippen LogP contribution in [-0.4, -0.2) is 12.1 Å². The van der Waals surface area contributed by atoms with Crippen LogP contribution in [0.3, 0.4) is 0 Å². The van der Waals surface area contributed by atoms with Gasteiger partial charge in [0.15, 0.2) is 0 Å². The van der Waals surface area contributed by atoms with E-state index in [9.17, 15) is 0 Å². The smallest absolute Gasteiger partial charge is 0.142 e. The van der Waals surface area contributed by atoms with Crippen molar-refractivity contribution in [3.8, 4) is 5.75 Å². The normalized spacial score (nSPS) is 24.4. The minimum Gasteiger partial charge on any atom is -0.495 e. The molecule has 1 heterocycles. The Labute approximate surface area is 122 Å². The van der Waals surface area contributed by atoms with Crippen molar-refractivity contribution in [1.82, 2.24) is 10.4 Å². The summed E-state index contributed by atoms with van der Waals surface area (Å²) in [5.41, 5.74) is 3.91. The number of hydrogen-bond donors (Lipinski definition) is 2. The van der Waals surface area contributed by atoms with Gasteiger partial charge in [-0.15, -0.1) is 0 Å². The monoisotopic (exact) mass is 277 g/mol. The molecular weight excluding hydrogens is 250 g/mol. The minimum absolute atomic E-state index is 0.0914. The molecule has 1 aromatic heterocycles. The highest BCUT2D eigenvalue weighted by atomic mass is 16.5. The molecule has 0 aromatic carbocycles. The lowest BCUT2D eigenvalue weighted by Gasteiger charge is -2.33. The van der Waals surface area contributed by atoms with Crippen LogP contribution in [0.25, 0.3) is 0 Å². The van der Waals surface area contributed by atoms with Gasteiger partial charge < -0.3 is 4.74 Å². The largest absolute Gasteiger partial charge is 0.495 e. The molecule has 2 rings (SSSR count). The molecule has 1 aliphatic rings. The van der Waals surface area contributed by atoms with E-state index in [1.165, 1.54) is 38.5 Å². The van der Waals surface area contributed by atoms with E-state index >= 15 is 0 Å². The van der Waals surface area contributed by atoms with E-state index in [0.29, 0.717) is 5.92 Å². The van der Waals surface area contributed by atoms with Crippen LogP contribution < -0.4 is 16.0 Å². The van der Waals surface area contributed by atoms with Gasteiger partial charge in [0.1, 0.15) is 11.4 Å². The number of pyridine rings is 1. The Morgan fingerprint density at radius 2 is 2.15 bits per heavy atom. The van der Waals surface area contributed by atoms with Crippen LogP contribution in [0, 0.1) is 11.8 Å². The minimum atomic E-state index is 0.0914. The second-order valence-corrected chi connectivity index (χ2v) is 5.80. The van der Waals surface area contributed by atoms with Gasteiger partial charge in [-0.2, -0.15) is 0 Å². The zero-order valence-electron chi connectivity index (χ0n) is 12.6. The van der Waals surface area contributed by atoms with Gasteiger partial charge in [-0.3, -0.25) is 16.3 Å². The number of nitrogens with two attached hydrogens (primary N) is 1. The fraction of sp³-hybridized carbons (Fsp3) is 0.688. The number of hydrogen-bond acceptors (Lipinski definition) is 4. The van der Waals surface area contributed by atoms with Crippen molar-refractivity contribution in [3.63, 3.8) is 0 Å². The van der Waals surface area contributed by atoms with Crippen molar-refractivity contribution in [3.05, 3.63) is 24.0 Å². The summed E-state index contributed by atoms with van der Waals surface area (Å²) >= 11 is 0. The van der Waals surface area contributed by atoms with Gasteiger partial charge >= 0.3 is 0 Å². The molecule has 112 valence electrons. The molecule has 1 aromatic rings. The molecule has 1 aliphatic carbocycles. The quantitative estimate of drug-likeness (QED) is 0.619. The summed E-state index contributed by atoms with van der Waals surface area (Å²) in [6.45, 7) is 2.27. The molecule has 1 saturated carbocycles. The Hall–Kier alpha value is -1.13. The summed E-state index contributed by atoms with van der Waals surface area (Å²) in [6, 6.07) is 3.94. The van der Waals surface area contributed by atoms with Crippen LogP contribution in [0.1, 0.15) is 57.2 Å². The van der Waals surface area contributed by atoms with Gasteiger partial charge in [-0.1, -0.05) is 32.6 Å². The molecule has 1 unspecified atom stereocenters. The van der Waals surface area contributed by atoms with Crippen molar-refractivity contribution in [2.45, 2.75) is 51.5 Å². The molecule has 0 spiro atoms. The maximum Gasteiger partial charge on any atom is 0.142 e. The number of hydrazine groups is 1. The Morgan fingerprint density at radius 3 is 2.75 bits per heavy atom. The summed E-state index contributed by atoms with van der Waals surface area (Å²) < 4.78 is 5.42. The standard InChI is InChI=1S/C16H27N3O/c1-3-5-12-7-9-13(10-8-12)15(19-17)16-14(20-2)6-4-11-18-16/h4,6,11-13,15,19H,3,5,7-10,17H2,1-2H3. The van der Waals surface area contributed by atoms with Crippen LogP contribution in [0.5, 0.6) is 5.75 Å².